The van der Waals surface area contributed by atoms with Gasteiger partial charge in [-0.25, -0.2) is 13.2 Å². The van der Waals surface area contributed by atoms with Crippen molar-refractivity contribution in [3.05, 3.63) is 12.2 Å². The molecule has 47 heavy (non-hydrogen) atoms. The number of rotatable bonds is 13. The van der Waals surface area contributed by atoms with Crippen LogP contribution in [0.5, 0.6) is 0 Å². The van der Waals surface area contributed by atoms with Gasteiger partial charge in [0, 0.05) is 5.57 Å². The molecule has 1 atom stereocenters. The molecule has 280 valence electrons. The van der Waals surface area contributed by atoms with Crippen molar-refractivity contribution in [1.29, 1.82) is 0 Å². The van der Waals surface area contributed by atoms with Gasteiger partial charge in [-0.05, 0) is 6.92 Å². The Labute approximate surface area is 239 Å². The number of halogens is 25. The molecule has 31 heteroatoms. The van der Waals surface area contributed by atoms with Crippen LogP contribution in [-0.4, -0.2) is 85.4 Å². The average molecular weight is 783 g/mol. The third-order valence-electron chi connectivity index (χ3n) is 5.03. The summed E-state index contributed by atoms with van der Waals surface area (Å²) in [6.45, 7) is 2.33. The highest BCUT2D eigenvalue weighted by Crippen LogP contribution is 2.64. The maximum atomic E-state index is 14.7. The van der Waals surface area contributed by atoms with Crippen LogP contribution in [0.2, 0.25) is 0 Å². The zero-order valence-corrected chi connectivity index (χ0v) is 21.5. The van der Waals surface area contributed by atoms with E-state index in [9.17, 15) is 123 Å². The highest BCUT2D eigenvalue weighted by molar-refractivity contribution is 7.90. The van der Waals surface area contributed by atoms with Gasteiger partial charge in [0.05, 0.1) is 0 Å². The van der Waals surface area contributed by atoms with Gasteiger partial charge in [-0.15, -0.1) is 4.72 Å². The first-order chi connectivity index (χ1) is 19.8. The molecular formula is C16H6F25NO4S. The summed E-state index contributed by atoms with van der Waals surface area (Å²) in [6, 6.07) is 0. The highest BCUT2D eigenvalue weighted by atomic mass is 32.2. The number of esters is 1. The van der Waals surface area contributed by atoms with E-state index in [1.54, 1.807) is 0 Å². The van der Waals surface area contributed by atoms with E-state index in [1.165, 1.54) is 0 Å². The summed E-state index contributed by atoms with van der Waals surface area (Å²) >= 11 is 0. The molecule has 0 fully saturated rings. The van der Waals surface area contributed by atoms with Gasteiger partial charge in [-0.2, -0.15) is 110 Å². The van der Waals surface area contributed by atoms with Crippen LogP contribution >= 0.6 is 0 Å². The fraction of sp³-hybridized carbons (Fsp3) is 0.812. The molecule has 0 aliphatic rings. The summed E-state index contributed by atoms with van der Waals surface area (Å²) in [7, 11) is -9.38. The zero-order chi connectivity index (χ0) is 39.1. The summed E-state index contributed by atoms with van der Waals surface area (Å²) < 4.78 is 357. The van der Waals surface area contributed by atoms with Crippen LogP contribution in [0.4, 0.5) is 110 Å². The van der Waals surface area contributed by atoms with Crippen LogP contribution in [0.15, 0.2) is 12.2 Å². The van der Waals surface area contributed by atoms with Crippen molar-refractivity contribution in [3.63, 3.8) is 0 Å². The first-order valence-corrected chi connectivity index (χ1v) is 11.4. The Kier molecular flexibility index (Phi) is 10.6. The van der Waals surface area contributed by atoms with Gasteiger partial charge >= 0.3 is 76.9 Å². The van der Waals surface area contributed by atoms with E-state index in [2.05, 4.69) is 11.3 Å². The Morgan fingerprint density at radius 3 is 1.02 bits per heavy atom. The number of carbonyl (C=O) groups excluding carboxylic acids is 1. The van der Waals surface area contributed by atoms with E-state index in [1.807, 2.05) is 0 Å². The summed E-state index contributed by atoms with van der Waals surface area (Å²) in [5, 5.41) is -8.96. The number of carbonyl (C=O) groups is 1. The maximum Gasteiger partial charge on any atom is 0.460 e. The molecule has 0 aromatic carbocycles. The third-order valence-corrected chi connectivity index (χ3v) is 6.50. The van der Waals surface area contributed by atoms with Gasteiger partial charge in [0.25, 0.3) is 10.0 Å². The largest absolute Gasteiger partial charge is 0.460 e. The lowest BCUT2D eigenvalue weighted by molar-refractivity contribution is -0.458. The molecule has 0 aliphatic carbocycles. The van der Waals surface area contributed by atoms with Gasteiger partial charge in [-0.1, -0.05) is 6.58 Å². The van der Waals surface area contributed by atoms with Gasteiger partial charge in [0.2, 0.25) is 0 Å². The van der Waals surface area contributed by atoms with E-state index in [4.69, 9.17) is 0 Å². The summed E-state index contributed by atoms with van der Waals surface area (Å²) in [4.78, 5) is 11.3. The lowest BCUT2D eigenvalue weighted by atomic mass is 9.91. The molecule has 0 bridgehead atoms. The van der Waals surface area contributed by atoms with Crippen molar-refractivity contribution in [2.75, 3.05) is 0 Å². The number of hydrogen-bond donors (Lipinski definition) is 1. The molecule has 0 radical (unpaired) electrons. The summed E-state index contributed by atoms with van der Waals surface area (Å²) in [5.74, 6) is -82.9. The smallest absolute Gasteiger partial charge is 0.405 e. The second-order valence-corrected chi connectivity index (χ2v) is 10.2. The van der Waals surface area contributed by atoms with Crippen LogP contribution in [0.3, 0.4) is 0 Å². The molecule has 1 unspecified atom stereocenters. The van der Waals surface area contributed by atoms with Crippen molar-refractivity contribution in [2.45, 2.75) is 77.9 Å². The highest BCUT2D eigenvalue weighted by Gasteiger charge is 2.96. The summed E-state index contributed by atoms with van der Waals surface area (Å²) in [6.07, 6.45) is -16.1. The van der Waals surface area contributed by atoms with Crippen LogP contribution < -0.4 is 4.72 Å². The second kappa shape index (κ2) is 11.2. The normalized spacial score (nSPS) is 17.3. The number of alkyl halides is 25. The van der Waals surface area contributed by atoms with Crippen LogP contribution in [0, 0.1) is 0 Å². The Morgan fingerprint density at radius 1 is 0.489 bits per heavy atom. The predicted molar refractivity (Wildman–Crippen MR) is 93.4 cm³/mol. The molecule has 5 nitrogen and oxygen atoms in total. The first-order valence-electron chi connectivity index (χ1n) is 9.93. The second-order valence-electron chi connectivity index (χ2n) is 8.48. The number of ether oxygens (including phenoxy) is 1. The zero-order valence-electron chi connectivity index (χ0n) is 20.7. The molecule has 0 aromatic heterocycles. The van der Waals surface area contributed by atoms with Crippen LogP contribution in [0.1, 0.15) is 6.92 Å². The molecule has 0 amide bonds. The van der Waals surface area contributed by atoms with Crippen molar-refractivity contribution in [2.24, 2.45) is 0 Å². The van der Waals surface area contributed by atoms with Gasteiger partial charge in [0.15, 0.2) is 0 Å². The SMILES string of the molecule is C=C(C)C(=O)OC(F)(NS(=O)(=O)C(F)(F)C(F)(F)C(F)(F)C(F)(F)C(F)(F)C(F)(F)C(F)(F)C(F)(F)F)C(F)(F)C(F)(F)C(F)(F)F. The van der Waals surface area contributed by atoms with E-state index < -0.39 is 97.3 Å². The van der Waals surface area contributed by atoms with E-state index >= 15 is 0 Å². The molecule has 0 spiro atoms. The molecule has 0 rings (SSSR count). The molecule has 1 N–H and O–H groups in total. The Hall–Kier alpha value is -2.63. The molecule has 0 aromatic rings. The maximum absolute atomic E-state index is 14.7. The molecule has 0 saturated heterocycles. The lowest BCUT2D eigenvalue weighted by Gasteiger charge is -2.43. The standard InChI is InChI=1S/C16H6F25NO4S/c1-3(2)4(43)46-16(41,12(31,32)10(27,28)14(36,37)38)42-47(44,45)15(39,40)11(29,30)8(23,24)6(19,20)5(17,18)7(21,22)9(25,26)13(33,34)35/h42H,1H2,2H3. The van der Waals surface area contributed by atoms with Crippen LogP contribution in [-0.2, 0) is 19.6 Å². The van der Waals surface area contributed by atoms with Gasteiger partial charge < -0.3 is 4.74 Å². The Balaban J connectivity index is 7.60. The van der Waals surface area contributed by atoms with Crippen molar-refractivity contribution in [3.8, 4) is 0 Å². The third kappa shape index (κ3) is 5.98. The quantitative estimate of drug-likeness (QED) is 0.0694. The molecule has 0 saturated carbocycles. The number of hydrogen-bond acceptors (Lipinski definition) is 4. The lowest BCUT2D eigenvalue weighted by Crippen LogP contribution is -2.76. The number of nitrogens with one attached hydrogen (secondary N) is 1. The molecule has 0 heterocycles. The Morgan fingerprint density at radius 2 is 0.745 bits per heavy atom. The van der Waals surface area contributed by atoms with E-state index in [0.717, 1.165) is 0 Å². The van der Waals surface area contributed by atoms with Crippen LogP contribution in [0.25, 0.3) is 0 Å². The minimum atomic E-state index is -9.50. The van der Waals surface area contributed by atoms with E-state index in [-0.39, 0.29) is 6.92 Å². The number of sulfonamides is 1. The van der Waals surface area contributed by atoms with Crippen molar-refractivity contribution < 1.29 is 128 Å². The topological polar surface area (TPSA) is 72.5 Å². The minimum absolute atomic E-state index is 0.0565. The summed E-state index contributed by atoms with van der Waals surface area (Å²) in [5.41, 5.74) is -1.74. The van der Waals surface area contributed by atoms with Gasteiger partial charge in [0.1, 0.15) is 0 Å². The molecular weight excluding hydrogens is 777 g/mol. The van der Waals surface area contributed by atoms with Gasteiger partial charge in [-0.3, -0.25) is 0 Å². The van der Waals surface area contributed by atoms with Crippen molar-refractivity contribution in [1.82, 2.24) is 4.72 Å². The average Bonchev–Trinajstić information content (AvgIpc) is 2.80. The predicted octanol–water partition coefficient (Wildman–Crippen LogP) is 7.45. The first kappa shape index (κ1) is 44.4. The minimum Gasteiger partial charge on any atom is -0.405 e. The van der Waals surface area contributed by atoms with E-state index in [0.29, 0.717) is 0 Å². The Bertz CT molecular complexity index is 1330. The fourth-order valence-electron chi connectivity index (χ4n) is 2.30. The fourth-order valence-corrected chi connectivity index (χ4v) is 3.41. The molecule has 0 aliphatic heterocycles. The monoisotopic (exact) mass is 783 g/mol. The van der Waals surface area contributed by atoms with Crippen molar-refractivity contribution >= 4 is 16.0 Å².